The molecule has 1 unspecified atom stereocenters. The van der Waals surface area contributed by atoms with Gasteiger partial charge in [0, 0.05) is 17.5 Å². The number of carbonyl (C=O) groups excluding carboxylic acids is 1. The maximum Gasteiger partial charge on any atom is 0.327 e. The Kier molecular flexibility index (Phi) is 3.76. The Balaban J connectivity index is 2.37. The van der Waals surface area contributed by atoms with E-state index in [1.165, 1.54) is 23.8 Å². The zero-order chi connectivity index (χ0) is 13.1. The highest BCUT2D eigenvalue weighted by Crippen LogP contribution is 2.27. The Hall–Kier alpha value is -1.69. The molecule has 0 spiro atoms. The van der Waals surface area contributed by atoms with Crippen LogP contribution in [0.4, 0.5) is 5.69 Å². The highest BCUT2D eigenvalue weighted by Gasteiger charge is 2.34. The zero-order valence-electron chi connectivity index (χ0n) is 9.83. The van der Waals surface area contributed by atoms with Gasteiger partial charge >= 0.3 is 5.97 Å². The van der Waals surface area contributed by atoms with Gasteiger partial charge in [0.25, 0.3) is 0 Å². The van der Waals surface area contributed by atoms with Crippen LogP contribution in [0.1, 0.15) is 0 Å². The smallest absolute Gasteiger partial charge is 0.327 e. The lowest BCUT2D eigenvalue weighted by molar-refractivity contribution is -0.139. The minimum Gasteiger partial charge on any atom is -0.497 e. The van der Waals surface area contributed by atoms with Crippen molar-refractivity contribution in [2.45, 2.75) is 6.04 Å². The molecule has 0 saturated carbocycles. The number of amides is 1. The molecule has 1 aromatic carbocycles. The number of thioether (sulfide) groups is 1. The van der Waals surface area contributed by atoms with Crippen LogP contribution in [0.25, 0.3) is 0 Å². The Labute approximate surface area is 109 Å². The van der Waals surface area contributed by atoms with E-state index < -0.39 is 12.0 Å². The van der Waals surface area contributed by atoms with Crippen LogP contribution in [0, 0.1) is 0 Å². The molecule has 1 N–H and O–H groups in total. The van der Waals surface area contributed by atoms with Gasteiger partial charge in [0.2, 0.25) is 5.91 Å². The number of nitrogens with zero attached hydrogens (tertiary/aromatic N) is 1. The Bertz CT molecular complexity index is 477. The fraction of sp³-hybridized carbons (Fsp3) is 0.333. The fourth-order valence-corrected chi connectivity index (χ4v) is 2.79. The molecule has 2 rings (SSSR count). The van der Waals surface area contributed by atoms with Gasteiger partial charge < -0.3 is 9.84 Å². The van der Waals surface area contributed by atoms with E-state index in [1.807, 2.05) is 0 Å². The molecule has 18 heavy (non-hydrogen) atoms. The number of anilines is 1. The van der Waals surface area contributed by atoms with Gasteiger partial charge in [-0.1, -0.05) is 6.07 Å². The Morgan fingerprint density at radius 1 is 1.56 bits per heavy atom. The molecule has 1 atom stereocenters. The van der Waals surface area contributed by atoms with Crippen LogP contribution in [0.5, 0.6) is 5.75 Å². The second-order valence-corrected chi connectivity index (χ2v) is 4.86. The maximum atomic E-state index is 11.9. The molecule has 0 bridgehead atoms. The quantitative estimate of drug-likeness (QED) is 0.892. The summed E-state index contributed by atoms with van der Waals surface area (Å²) in [5.74, 6) is 0.132. The molecule has 1 aliphatic rings. The summed E-state index contributed by atoms with van der Waals surface area (Å²) in [6.07, 6.45) is 0. The number of aliphatic carboxylic acids is 1. The van der Waals surface area contributed by atoms with E-state index >= 15 is 0 Å². The first-order chi connectivity index (χ1) is 8.63. The van der Waals surface area contributed by atoms with E-state index in [2.05, 4.69) is 0 Å². The molecule has 0 radical (unpaired) electrons. The van der Waals surface area contributed by atoms with E-state index in [1.54, 1.807) is 24.3 Å². The lowest BCUT2D eigenvalue weighted by Gasteiger charge is -2.32. The van der Waals surface area contributed by atoms with Gasteiger partial charge in [0.15, 0.2) is 0 Å². The summed E-state index contributed by atoms with van der Waals surface area (Å²) in [4.78, 5) is 24.4. The molecule has 1 amide bonds. The molecule has 0 aromatic heterocycles. The van der Waals surface area contributed by atoms with Crippen molar-refractivity contribution < 1.29 is 19.4 Å². The predicted molar refractivity (Wildman–Crippen MR) is 69.2 cm³/mol. The van der Waals surface area contributed by atoms with Crippen LogP contribution in [-0.4, -0.2) is 41.6 Å². The number of ether oxygens (including phenoxy) is 1. The second-order valence-electron chi connectivity index (χ2n) is 3.83. The molecule has 5 nitrogen and oxygen atoms in total. The summed E-state index contributed by atoms with van der Waals surface area (Å²) >= 11 is 1.34. The predicted octanol–water partition coefficient (Wildman–Crippen LogP) is 1.23. The van der Waals surface area contributed by atoms with Gasteiger partial charge in [-0.2, -0.15) is 0 Å². The van der Waals surface area contributed by atoms with Crippen LogP contribution in [0.2, 0.25) is 0 Å². The van der Waals surface area contributed by atoms with Crippen molar-refractivity contribution >= 4 is 29.3 Å². The van der Waals surface area contributed by atoms with E-state index in [0.717, 1.165) is 0 Å². The molecule has 1 saturated heterocycles. The molecule has 0 aliphatic carbocycles. The van der Waals surface area contributed by atoms with Crippen molar-refractivity contribution in [1.82, 2.24) is 0 Å². The van der Waals surface area contributed by atoms with E-state index in [9.17, 15) is 14.7 Å². The van der Waals surface area contributed by atoms with Crippen molar-refractivity contribution in [3.63, 3.8) is 0 Å². The molecule has 6 heteroatoms. The van der Waals surface area contributed by atoms with Crippen molar-refractivity contribution in [1.29, 1.82) is 0 Å². The maximum absolute atomic E-state index is 11.9. The number of methoxy groups -OCH3 is 1. The second kappa shape index (κ2) is 5.30. The first-order valence-corrected chi connectivity index (χ1v) is 6.55. The third-order valence-corrected chi connectivity index (χ3v) is 3.70. The van der Waals surface area contributed by atoms with Crippen LogP contribution in [0.3, 0.4) is 0 Å². The molecular weight excluding hydrogens is 254 g/mol. The number of carboxylic acid groups (broad SMARTS) is 1. The summed E-state index contributed by atoms with van der Waals surface area (Å²) < 4.78 is 5.09. The van der Waals surface area contributed by atoms with Crippen molar-refractivity contribution in [3.05, 3.63) is 24.3 Å². The van der Waals surface area contributed by atoms with Gasteiger partial charge in [-0.05, 0) is 12.1 Å². The van der Waals surface area contributed by atoms with E-state index in [4.69, 9.17) is 4.74 Å². The minimum atomic E-state index is -0.988. The lowest BCUT2D eigenvalue weighted by Crippen LogP contribution is -2.50. The third kappa shape index (κ3) is 2.43. The summed E-state index contributed by atoms with van der Waals surface area (Å²) in [5.41, 5.74) is 0.562. The van der Waals surface area contributed by atoms with E-state index in [-0.39, 0.29) is 5.91 Å². The van der Waals surface area contributed by atoms with Gasteiger partial charge in [0.1, 0.15) is 11.8 Å². The topological polar surface area (TPSA) is 66.8 Å². The molecule has 1 aromatic rings. The first kappa shape index (κ1) is 12.8. The normalized spacial score (nSPS) is 19.7. The third-order valence-electron chi connectivity index (χ3n) is 2.70. The number of carbonyl (C=O) groups is 2. The van der Waals surface area contributed by atoms with Crippen molar-refractivity contribution in [3.8, 4) is 5.75 Å². The number of rotatable bonds is 3. The van der Waals surface area contributed by atoms with Crippen LogP contribution < -0.4 is 9.64 Å². The molecule has 1 heterocycles. The average Bonchev–Trinajstić information content (AvgIpc) is 2.38. The van der Waals surface area contributed by atoms with Crippen molar-refractivity contribution in [2.24, 2.45) is 0 Å². The number of benzene rings is 1. The van der Waals surface area contributed by atoms with Gasteiger partial charge in [-0.15, -0.1) is 11.8 Å². The fourth-order valence-electron chi connectivity index (χ4n) is 1.84. The number of hydrogen-bond donors (Lipinski definition) is 1. The van der Waals surface area contributed by atoms with Crippen LogP contribution in [-0.2, 0) is 9.59 Å². The van der Waals surface area contributed by atoms with Crippen LogP contribution >= 0.6 is 11.8 Å². The average molecular weight is 267 g/mol. The number of carboxylic acids is 1. The molecular formula is C12H13NO4S. The van der Waals surface area contributed by atoms with Gasteiger partial charge in [-0.3, -0.25) is 9.69 Å². The highest BCUT2D eigenvalue weighted by molar-refractivity contribution is 8.00. The summed E-state index contributed by atoms with van der Waals surface area (Å²) in [7, 11) is 1.53. The molecule has 1 fully saturated rings. The highest BCUT2D eigenvalue weighted by atomic mass is 32.2. The van der Waals surface area contributed by atoms with Gasteiger partial charge in [-0.25, -0.2) is 4.79 Å². The SMILES string of the molecule is COc1cccc(N2C(=O)CSCC2C(=O)O)c1. The van der Waals surface area contributed by atoms with E-state index in [0.29, 0.717) is 22.9 Å². The largest absolute Gasteiger partial charge is 0.497 e. The minimum absolute atomic E-state index is 0.188. The van der Waals surface area contributed by atoms with Crippen molar-refractivity contribution in [2.75, 3.05) is 23.5 Å². The molecule has 96 valence electrons. The lowest BCUT2D eigenvalue weighted by atomic mass is 10.2. The van der Waals surface area contributed by atoms with Gasteiger partial charge in [0.05, 0.1) is 12.9 Å². The zero-order valence-corrected chi connectivity index (χ0v) is 10.6. The first-order valence-electron chi connectivity index (χ1n) is 5.40. The molecule has 1 aliphatic heterocycles. The Morgan fingerprint density at radius 2 is 2.33 bits per heavy atom. The summed E-state index contributed by atoms with van der Waals surface area (Å²) in [6, 6.07) is 6.06. The Morgan fingerprint density at radius 3 is 3.00 bits per heavy atom. The summed E-state index contributed by atoms with van der Waals surface area (Å²) in [6.45, 7) is 0. The summed E-state index contributed by atoms with van der Waals surface area (Å²) in [5, 5.41) is 9.18. The number of hydrogen-bond acceptors (Lipinski definition) is 4. The standard InChI is InChI=1S/C12H13NO4S/c1-17-9-4-2-3-8(5-9)13-10(12(15)16)6-18-7-11(13)14/h2-5,10H,6-7H2,1H3,(H,15,16). The monoisotopic (exact) mass is 267 g/mol. The van der Waals surface area contributed by atoms with Crippen LogP contribution in [0.15, 0.2) is 24.3 Å².